The standard InChI is InChI=1S/C18H21NO/c1-12-9-13(2)17(14(3)10-12)18(20)16-6-4-5-15(11-16)7-8-19/h4-6,9-11H,7-8,19H2,1-3H3. The van der Waals surface area contributed by atoms with Gasteiger partial charge in [-0.1, -0.05) is 35.9 Å². The lowest BCUT2D eigenvalue weighted by atomic mass is 9.92. The molecule has 2 N–H and O–H groups in total. The van der Waals surface area contributed by atoms with Crippen LogP contribution in [0.5, 0.6) is 0 Å². The zero-order valence-corrected chi connectivity index (χ0v) is 12.4. The van der Waals surface area contributed by atoms with E-state index in [0.717, 1.165) is 34.2 Å². The summed E-state index contributed by atoms with van der Waals surface area (Å²) in [5, 5.41) is 0. The molecule has 2 heteroatoms. The Hall–Kier alpha value is -1.93. The molecule has 2 aromatic carbocycles. The van der Waals surface area contributed by atoms with Gasteiger partial charge in [0.15, 0.2) is 5.78 Å². The predicted molar refractivity (Wildman–Crippen MR) is 83.3 cm³/mol. The van der Waals surface area contributed by atoms with Crippen molar-refractivity contribution < 1.29 is 4.79 Å². The van der Waals surface area contributed by atoms with E-state index in [2.05, 4.69) is 19.1 Å². The number of rotatable bonds is 4. The third-order valence-electron chi connectivity index (χ3n) is 3.53. The molecular weight excluding hydrogens is 246 g/mol. The van der Waals surface area contributed by atoms with Crippen molar-refractivity contribution in [3.63, 3.8) is 0 Å². The van der Waals surface area contributed by atoms with Crippen LogP contribution in [-0.4, -0.2) is 12.3 Å². The average molecular weight is 267 g/mol. The van der Waals surface area contributed by atoms with Crippen molar-refractivity contribution in [2.24, 2.45) is 5.73 Å². The molecule has 0 spiro atoms. The molecule has 0 heterocycles. The molecule has 2 rings (SSSR count). The van der Waals surface area contributed by atoms with Crippen molar-refractivity contribution in [3.8, 4) is 0 Å². The van der Waals surface area contributed by atoms with Gasteiger partial charge in [-0.3, -0.25) is 4.79 Å². The van der Waals surface area contributed by atoms with E-state index >= 15 is 0 Å². The van der Waals surface area contributed by atoms with Crippen molar-refractivity contribution >= 4 is 5.78 Å². The van der Waals surface area contributed by atoms with Crippen LogP contribution in [0, 0.1) is 20.8 Å². The minimum atomic E-state index is 0.0962. The highest BCUT2D eigenvalue weighted by Gasteiger charge is 2.15. The molecule has 0 radical (unpaired) electrons. The molecule has 0 amide bonds. The summed E-state index contributed by atoms with van der Waals surface area (Å²) in [6.07, 6.45) is 0.799. The number of nitrogens with two attached hydrogens (primary N) is 1. The maximum absolute atomic E-state index is 12.7. The molecular formula is C18H21NO. The molecule has 0 saturated carbocycles. The molecule has 104 valence electrons. The molecule has 0 unspecified atom stereocenters. The minimum Gasteiger partial charge on any atom is -0.330 e. The predicted octanol–water partition coefficient (Wildman–Crippen LogP) is 3.34. The zero-order valence-electron chi connectivity index (χ0n) is 12.4. The van der Waals surface area contributed by atoms with Crippen molar-refractivity contribution in [2.45, 2.75) is 27.2 Å². The third-order valence-corrected chi connectivity index (χ3v) is 3.53. The van der Waals surface area contributed by atoms with Crippen molar-refractivity contribution in [2.75, 3.05) is 6.54 Å². The monoisotopic (exact) mass is 267 g/mol. The van der Waals surface area contributed by atoms with E-state index in [1.165, 1.54) is 5.56 Å². The van der Waals surface area contributed by atoms with Crippen LogP contribution >= 0.6 is 0 Å². The highest BCUT2D eigenvalue weighted by atomic mass is 16.1. The minimum absolute atomic E-state index is 0.0962. The van der Waals surface area contributed by atoms with Gasteiger partial charge in [-0.15, -0.1) is 0 Å². The first kappa shape index (κ1) is 14.5. The SMILES string of the molecule is Cc1cc(C)c(C(=O)c2cccc(CCN)c2)c(C)c1. The van der Waals surface area contributed by atoms with E-state index in [4.69, 9.17) is 5.73 Å². The van der Waals surface area contributed by atoms with Gasteiger partial charge < -0.3 is 5.73 Å². The number of carbonyl (C=O) groups is 1. The quantitative estimate of drug-likeness (QED) is 0.863. The second-order valence-electron chi connectivity index (χ2n) is 5.34. The van der Waals surface area contributed by atoms with Gasteiger partial charge in [0, 0.05) is 11.1 Å². The van der Waals surface area contributed by atoms with E-state index in [1.54, 1.807) is 0 Å². The topological polar surface area (TPSA) is 43.1 Å². The summed E-state index contributed by atoms with van der Waals surface area (Å²) < 4.78 is 0. The second-order valence-corrected chi connectivity index (χ2v) is 5.34. The number of hydrogen-bond acceptors (Lipinski definition) is 2. The number of carbonyl (C=O) groups excluding carboxylic acids is 1. The first-order valence-corrected chi connectivity index (χ1v) is 6.94. The van der Waals surface area contributed by atoms with Crippen molar-refractivity contribution in [1.29, 1.82) is 0 Å². The summed E-state index contributed by atoms with van der Waals surface area (Å²) in [5.74, 6) is 0.0962. The number of hydrogen-bond donors (Lipinski definition) is 1. The average Bonchev–Trinajstić information content (AvgIpc) is 2.38. The zero-order chi connectivity index (χ0) is 14.7. The van der Waals surface area contributed by atoms with Crippen LogP contribution in [0.4, 0.5) is 0 Å². The number of ketones is 1. The smallest absolute Gasteiger partial charge is 0.193 e. The van der Waals surface area contributed by atoms with E-state index in [-0.39, 0.29) is 5.78 Å². The van der Waals surface area contributed by atoms with Crippen LogP contribution in [0.2, 0.25) is 0 Å². The Labute approximate surface area is 120 Å². The van der Waals surface area contributed by atoms with E-state index in [9.17, 15) is 4.79 Å². The van der Waals surface area contributed by atoms with Crippen molar-refractivity contribution in [1.82, 2.24) is 0 Å². The number of benzene rings is 2. The first-order chi connectivity index (χ1) is 9.52. The molecule has 20 heavy (non-hydrogen) atoms. The normalized spacial score (nSPS) is 10.6. The Morgan fingerprint density at radius 1 is 1.05 bits per heavy atom. The van der Waals surface area contributed by atoms with E-state index in [1.807, 2.05) is 38.1 Å². The van der Waals surface area contributed by atoms with Gasteiger partial charge in [-0.25, -0.2) is 0 Å². The fraction of sp³-hybridized carbons (Fsp3) is 0.278. The Morgan fingerprint density at radius 2 is 1.70 bits per heavy atom. The third kappa shape index (κ3) is 2.97. The fourth-order valence-corrected chi connectivity index (χ4v) is 2.72. The molecule has 2 nitrogen and oxygen atoms in total. The lowest BCUT2D eigenvalue weighted by Gasteiger charge is -2.11. The summed E-state index contributed by atoms with van der Waals surface area (Å²) in [7, 11) is 0. The Morgan fingerprint density at radius 3 is 2.30 bits per heavy atom. The molecule has 0 atom stereocenters. The fourth-order valence-electron chi connectivity index (χ4n) is 2.72. The van der Waals surface area contributed by atoms with Crippen molar-refractivity contribution in [3.05, 3.63) is 69.8 Å². The van der Waals surface area contributed by atoms with Crippen LogP contribution < -0.4 is 5.73 Å². The first-order valence-electron chi connectivity index (χ1n) is 6.94. The molecule has 0 aromatic heterocycles. The van der Waals surface area contributed by atoms with Gasteiger partial charge in [0.05, 0.1) is 0 Å². The Bertz CT molecular complexity index is 621. The summed E-state index contributed by atoms with van der Waals surface area (Å²) in [6.45, 7) is 6.64. The summed E-state index contributed by atoms with van der Waals surface area (Å²) in [6, 6.07) is 11.9. The van der Waals surface area contributed by atoms with Gasteiger partial charge in [0.2, 0.25) is 0 Å². The number of aryl methyl sites for hydroxylation is 3. The van der Waals surface area contributed by atoms with Crippen LogP contribution in [0.15, 0.2) is 36.4 Å². The molecule has 0 aliphatic heterocycles. The molecule has 0 saturated heterocycles. The van der Waals surface area contributed by atoms with Gasteiger partial charge in [0.25, 0.3) is 0 Å². The lowest BCUT2D eigenvalue weighted by Crippen LogP contribution is -2.08. The lowest BCUT2D eigenvalue weighted by molar-refractivity contribution is 0.103. The largest absolute Gasteiger partial charge is 0.330 e. The van der Waals surface area contributed by atoms with Gasteiger partial charge in [-0.2, -0.15) is 0 Å². The van der Waals surface area contributed by atoms with Gasteiger partial charge in [0.1, 0.15) is 0 Å². The molecule has 0 aliphatic rings. The van der Waals surface area contributed by atoms with E-state index in [0.29, 0.717) is 6.54 Å². The maximum atomic E-state index is 12.7. The Kier molecular flexibility index (Phi) is 4.35. The van der Waals surface area contributed by atoms with Gasteiger partial charge >= 0.3 is 0 Å². The highest BCUT2D eigenvalue weighted by molar-refractivity contribution is 6.10. The van der Waals surface area contributed by atoms with E-state index < -0.39 is 0 Å². The summed E-state index contributed by atoms with van der Waals surface area (Å²) in [4.78, 5) is 12.7. The van der Waals surface area contributed by atoms with Crippen LogP contribution in [-0.2, 0) is 6.42 Å². The Balaban J connectivity index is 2.44. The van der Waals surface area contributed by atoms with Crippen LogP contribution in [0.25, 0.3) is 0 Å². The maximum Gasteiger partial charge on any atom is 0.193 e. The molecule has 0 bridgehead atoms. The second kappa shape index (κ2) is 6.02. The summed E-state index contributed by atoms with van der Waals surface area (Å²) in [5.41, 5.74) is 11.5. The van der Waals surface area contributed by atoms with Crippen LogP contribution in [0.3, 0.4) is 0 Å². The molecule has 0 fully saturated rings. The highest BCUT2D eigenvalue weighted by Crippen LogP contribution is 2.20. The summed E-state index contributed by atoms with van der Waals surface area (Å²) >= 11 is 0. The molecule has 2 aromatic rings. The van der Waals surface area contributed by atoms with Gasteiger partial charge in [-0.05, 0) is 56.5 Å². The molecule has 0 aliphatic carbocycles. The van der Waals surface area contributed by atoms with Crippen LogP contribution in [0.1, 0.15) is 38.2 Å².